The minimum atomic E-state index is -0.626. The number of carbonyl (C=O) groups excluding carboxylic acids is 3. The lowest BCUT2D eigenvalue weighted by atomic mass is 10.00. The van der Waals surface area contributed by atoms with Crippen LogP contribution in [-0.4, -0.2) is 37.5 Å². The van der Waals surface area contributed by atoms with Crippen LogP contribution >= 0.6 is 0 Å². The zero-order valence-corrected chi connectivity index (χ0v) is 18.2. The van der Waals surface area contributed by atoms with Crippen LogP contribution in [0.25, 0.3) is 0 Å². The minimum absolute atomic E-state index is 0.411. The molecule has 0 aliphatic heterocycles. The molecule has 0 aliphatic carbocycles. The van der Waals surface area contributed by atoms with Gasteiger partial charge in [0.1, 0.15) is 0 Å². The Hall–Kier alpha value is -3.35. The lowest BCUT2D eigenvalue weighted by molar-refractivity contribution is -0.125. The number of amides is 2. The van der Waals surface area contributed by atoms with Gasteiger partial charge in [0.25, 0.3) is 11.8 Å². The van der Waals surface area contributed by atoms with E-state index in [4.69, 9.17) is 4.74 Å². The summed E-state index contributed by atoms with van der Waals surface area (Å²) in [6.45, 7) is 11.0. The van der Waals surface area contributed by atoms with Gasteiger partial charge in [0.2, 0.25) is 0 Å². The molecule has 0 fully saturated rings. The summed E-state index contributed by atoms with van der Waals surface area (Å²) < 4.78 is 5.09. The molecular formula is C23H29N3O4. The Balaban J connectivity index is 1.86. The van der Waals surface area contributed by atoms with Crippen LogP contribution in [0.4, 0.5) is 5.69 Å². The molecular weight excluding hydrogens is 382 g/mol. The lowest BCUT2D eigenvalue weighted by Gasteiger charge is -2.21. The number of esters is 1. The van der Waals surface area contributed by atoms with Crippen LogP contribution in [0.3, 0.4) is 0 Å². The van der Waals surface area contributed by atoms with Gasteiger partial charge >= 0.3 is 5.97 Å². The number of nitrogens with zero attached hydrogens (tertiary/aromatic N) is 1. The summed E-state index contributed by atoms with van der Waals surface area (Å²) in [7, 11) is 0. The Morgan fingerprint density at radius 1 is 0.900 bits per heavy atom. The summed E-state index contributed by atoms with van der Waals surface area (Å²) in [5.74, 6) is -1.65. The molecule has 0 radical (unpaired) electrons. The fourth-order valence-electron chi connectivity index (χ4n) is 3.35. The monoisotopic (exact) mass is 411 g/mol. The fraction of sp³-hybridized carbons (Fsp3) is 0.348. The molecule has 0 saturated heterocycles. The Bertz CT molecular complexity index is 896. The highest BCUT2D eigenvalue weighted by Gasteiger charge is 2.16. The van der Waals surface area contributed by atoms with E-state index in [0.29, 0.717) is 11.1 Å². The van der Waals surface area contributed by atoms with Crippen LogP contribution in [0.15, 0.2) is 36.4 Å². The Kier molecular flexibility index (Phi) is 7.98. The van der Waals surface area contributed by atoms with Crippen LogP contribution in [0.5, 0.6) is 0 Å². The van der Waals surface area contributed by atoms with Gasteiger partial charge in [0.15, 0.2) is 6.61 Å². The van der Waals surface area contributed by atoms with E-state index in [1.165, 1.54) is 0 Å². The van der Waals surface area contributed by atoms with Crippen LogP contribution in [-0.2, 0) is 9.53 Å². The molecule has 2 amide bonds. The van der Waals surface area contributed by atoms with Gasteiger partial charge in [-0.2, -0.15) is 0 Å². The summed E-state index contributed by atoms with van der Waals surface area (Å²) in [6.07, 6.45) is 0. The van der Waals surface area contributed by atoms with Crippen LogP contribution in [0, 0.1) is 20.8 Å². The molecule has 2 aromatic carbocycles. The number of benzene rings is 2. The van der Waals surface area contributed by atoms with Gasteiger partial charge in [-0.1, -0.05) is 17.7 Å². The molecule has 7 nitrogen and oxygen atoms in total. The maximum Gasteiger partial charge on any atom is 0.339 e. The van der Waals surface area contributed by atoms with Crippen LogP contribution in [0.1, 0.15) is 51.3 Å². The van der Waals surface area contributed by atoms with E-state index >= 15 is 0 Å². The number of carbonyl (C=O) groups is 3. The quantitative estimate of drug-likeness (QED) is 0.540. The van der Waals surface area contributed by atoms with Crippen molar-refractivity contribution in [1.29, 1.82) is 0 Å². The normalized spacial score (nSPS) is 10.3. The summed E-state index contributed by atoms with van der Waals surface area (Å²) >= 11 is 0. The first-order valence-corrected chi connectivity index (χ1v) is 9.96. The van der Waals surface area contributed by atoms with Crippen molar-refractivity contribution in [1.82, 2.24) is 10.9 Å². The van der Waals surface area contributed by atoms with E-state index < -0.39 is 24.4 Å². The number of ether oxygens (including phenoxy) is 1. The molecule has 0 heterocycles. The van der Waals surface area contributed by atoms with Gasteiger partial charge in [0, 0.05) is 24.3 Å². The number of aryl methyl sites for hydroxylation is 3. The molecule has 0 bridgehead atoms. The molecule has 0 aliphatic rings. The number of anilines is 1. The van der Waals surface area contributed by atoms with Gasteiger partial charge in [-0.3, -0.25) is 20.4 Å². The third-order valence-electron chi connectivity index (χ3n) is 4.79. The Labute approximate surface area is 177 Å². The Morgan fingerprint density at radius 3 is 2.00 bits per heavy atom. The average molecular weight is 412 g/mol. The van der Waals surface area contributed by atoms with Gasteiger partial charge in [-0.05, 0) is 70.0 Å². The van der Waals surface area contributed by atoms with Gasteiger partial charge in [-0.15, -0.1) is 0 Å². The van der Waals surface area contributed by atoms with Crippen molar-refractivity contribution < 1.29 is 19.1 Å². The van der Waals surface area contributed by atoms with Crippen molar-refractivity contribution in [2.45, 2.75) is 34.6 Å². The van der Waals surface area contributed by atoms with E-state index in [2.05, 4.69) is 29.6 Å². The molecule has 30 heavy (non-hydrogen) atoms. The molecule has 0 unspecified atom stereocenters. The summed E-state index contributed by atoms with van der Waals surface area (Å²) in [4.78, 5) is 38.6. The summed E-state index contributed by atoms with van der Waals surface area (Å²) in [6, 6.07) is 10.9. The minimum Gasteiger partial charge on any atom is -0.452 e. The number of hydrazine groups is 1. The van der Waals surface area contributed by atoms with Crippen molar-refractivity contribution in [2.75, 3.05) is 24.6 Å². The third-order valence-corrected chi connectivity index (χ3v) is 4.79. The predicted octanol–water partition coefficient (Wildman–Crippen LogP) is 3.08. The largest absolute Gasteiger partial charge is 0.452 e. The first kappa shape index (κ1) is 22.9. The topological polar surface area (TPSA) is 87.7 Å². The average Bonchev–Trinajstić information content (AvgIpc) is 2.71. The van der Waals surface area contributed by atoms with E-state index in [9.17, 15) is 14.4 Å². The van der Waals surface area contributed by atoms with E-state index in [1.54, 1.807) is 12.1 Å². The zero-order valence-electron chi connectivity index (χ0n) is 18.2. The van der Waals surface area contributed by atoms with Gasteiger partial charge < -0.3 is 9.64 Å². The smallest absolute Gasteiger partial charge is 0.339 e. The lowest BCUT2D eigenvalue weighted by Crippen LogP contribution is -2.43. The van der Waals surface area contributed by atoms with E-state index in [-0.39, 0.29) is 0 Å². The number of rotatable bonds is 7. The number of hydrogen-bond donors (Lipinski definition) is 2. The molecule has 2 aromatic rings. The summed E-state index contributed by atoms with van der Waals surface area (Å²) in [5.41, 5.74) is 9.10. The molecule has 160 valence electrons. The van der Waals surface area contributed by atoms with Gasteiger partial charge in [0.05, 0.1) is 5.56 Å². The number of hydrogen-bond acceptors (Lipinski definition) is 5. The SMILES string of the molecule is CCN(CC)c1ccc(C(=O)NNC(=O)COC(=O)c2c(C)cc(C)cc2C)cc1. The highest BCUT2D eigenvalue weighted by Crippen LogP contribution is 2.17. The molecule has 0 aromatic heterocycles. The molecule has 0 saturated carbocycles. The van der Waals surface area contributed by atoms with Crippen molar-refractivity contribution >= 4 is 23.5 Å². The third kappa shape index (κ3) is 5.83. The second-order valence-electron chi connectivity index (χ2n) is 7.07. The zero-order chi connectivity index (χ0) is 22.3. The van der Waals surface area contributed by atoms with Crippen LogP contribution in [0.2, 0.25) is 0 Å². The molecule has 7 heteroatoms. The molecule has 2 rings (SSSR count). The van der Waals surface area contributed by atoms with Crippen molar-refractivity contribution in [2.24, 2.45) is 0 Å². The summed E-state index contributed by atoms with van der Waals surface area (Å²) in [5, 5.41) is 0. The maximum absolute atomic E-state index is 12.3. The molecule has 0 spiro atoms. The van der Waals surface area contributed by atoms with E-state index in [1.807, 2.05) is 45.0 Å². The van der Waals surface area contributed by atoms with E-state index in [0.717, 1.165) is 35.5 Å². The highest BCUT2D eigenvalue weighted by atomic mass is 16.5. The standard InChI is InChI=1S/C23H29N3O4/c1-6-26(7-2)19-10-8-18(9-11-19)22(28)25-24-20(27)14-30-23(29)21-16(4)12-15(3)13-17(21)5/h8-13H,6-7,14H2,1-5H3,(H,24,27)(H,25,28). The predicted molar refractivity (Wildman–Crippen MR) is 117 cm³/mol. The number of nitrogens with one attached hydrogen (secondary N) is 2. The first-order chi connectivity index (χ1) is 14.3. The van der Waals surface area contributed by atoms with Crippen molar-refractivity contribution in [3.8, 4) is 0 Å². The fourth-order valence-corrected chi connectivity index (χ4v) is 3.35. The van der Waals surface area contributed by atoms with Gasteiger partial charge in [-0.25, -0.2) is 4.79 Å². The van der Waals surface area contributed by atoms with Crippen LogP contribution < -0.4 is 15.8 Å². The van der Waals surface area contributed by atoms with Crippen molar-refractivity contribution in [3.63, 3.8) is 0 Å². The highest BCUT2D eigenvalue weighted by molar-refractivity contribution is 5.96. The second kappa shape index (κ2) is 10.4. The second-order valence-corrected chi connectivity index (χ2v) is 7.07. The maximum atomic E-state index is 12.3. The first-order valence-electron chi connectivity index (χ1n) is 9.96. The molecule has 2 N–H and O–H groups in total. The van der Waals surface area contributed by atoms with Crippen molar-refractivity contribution in [3.05, 3.63) is 64.2 Å². The molecule has 0 atom stereocenters. The Morgan fingerprint density at radius 2 is 1.47 bits per heavy atom.